The van der Waals surface area contributed by atoms with Gasteiger partial charge in [-0.2, -0.15) is 8.78 Å². The van der Waals surface area contributed by atoms with Crippen molar-refractivity contribution in [2.45, 2.75) is 25.4 Å². The number of hydrogen-bond acceptors (Lipinski definition) is 5. The number of morpholine rings is 1. The third-order valence-electron chi connectivity index (χ3n) is 2.82. The molecule has 1 rings (SSSR count). The maximum absolute atomic E-state index is 12.7. The molecule has 1 heterocycles. The highest BCUT2D eigenvalue weighted by atomic mass is 19.3. The maximum atomic E-state index is 12.7. The standard InChI is InChI=1S/C12H19F4NO4/c1-9(18)21-10(6-17-2-4-19-5-3-17)7-20-8-12(15,16)11(13)14/h10-11H,2-8H2,1H3. The van der Waals surface area contributed by atoms with Crippen LogP contribution in [0.2, 0.25) is 0 Å². The van der Waals surface area contributed by atoms with Crippen LogP contribution in [-0.4, -0.2) is 75.4 Å². The van der Waals surface area contributed by atoms with Crippen molar-refractivity contribution in [1.82, 2.24) is 4.90 Å². The second kappa shape index (κ2) is 8.50. The van der Waals surface area contributed by atoms with Crippen molar-refractivity contribution in [2.24, 2.45) is 0 Å². The lowest BCUT2D eigenvalue weighted by Gasteiger charge is -2.30. The number of carbonyl (C=O) groups is 1. The first-order valence-electron chi connectivity index (χ1n) is 6.52. The topological polar surface area (TPSA) is 48.0 Å². The minimum Gasteiger partial charge on any atom is -0.459 e. The van der Waals surface area contributed by atoms with Crippen LogP contribution in [0.3, 0.4) is 0 Å². The highest BCUT2D eigenvalue weighted by Crippen LogP contribution is 2.23. The van der Waals surface area contributed by atoms with E-state index in [0.717, 1.165) is 0 Å². The normalized spacial score (nSPS) is 18.8. The van der Waals surface area contributed by atoms with Crippen LogP contribution in [0.1, 0.15) is 6.92 Å². The van der Waals surface area contributed by atoms with Gasteiger partial charge in [0.1, 0.15) is 12.7 Å². The SMILES string of the molecule is CC(=O)OC(COCC(F)(F)C(F)F)CN1CCOCC1. The van der Waals surface area contributed by atoms with Gasteiger partial charge >= 0.3 is 18.3 Å². The van der Waals surface area contributed by atoms with Gasteiger partial charge in [0.2, 0.25) is 0 Å². The summed E-state index contributed by atoms with van der Waals surface area (Å²) in [6.45, 7) is 1.97. The largest absolute Gasteiger partial charge is 0.459 e. The number of halogens is 4. The van der Waals surface area contributed by atoms with E-state index in [1.807, 2.05) is 4.90 Å². The molecule has 0 saturated carbocycles. The zero-order valence-electron chi connectivity index (χ0n) is 11.7. The first-order chi connectivity index (χ1) is 9.81. The Labute approximate surface area is 120 Å². The van der Waals surface area contributed by atoms with Crippen LogP contribution in [0.15, 0.2) is 0 Å². The fourth-order valence-electron chi connectivity index (χ4n) is 1.82. The second-order valence-electron chi connectivity index (χ2n) is 4.72. The molecule has 1 saturated heterocycles. The monoisotopic (exact) mass is 317 g/mol. The summed E-state index contributed by atoms with van der Waals surface area (Å²) in [4.78, 5) is 12.9. The van der Waals surface area contributed by atoms with E-state index in [1.54, 1.807) is 0 Å². The molecule has 0 aromatic rings. The van der Waals surface area contributed by atoms with E-state index in [4.69, 9.17) is 9.47 Å². The Bertz CT molecular complexity index is 324. The lowest BCUT2D eigenvalue weighted by atomic mass is 10.3. The van der Waals surface area contributed by atoms with Gasteiger partial charge in [-0.1, -0.05) is 0 Å². The van der Waals surface area contributed by atoms with E-state index >= 15 is 0 Å². The van der Waals surface area contributed by atoms with Crippen molar-refractivity contribution >= 4 is 5.97 Å². The molecule has 124 valence electrons. The summed E-state index contributed by atoms with van der Waals surface area (Å²) >= 11 is 0. The third kappa shape index (κ3) is 7.05. The first kappa shape index (κ1) is 18.1. The van der Waals surface area contributed by atoms with E-state index in [-0.39, 0.29) is 13.2 Å². The van der Waals surface area contributed by atoms with Gasteiger partial charge in [0.15, 0.2) is 0 Å². The Kier molecular flexibility index (Phi) is 7.33. The van der Waals surface area contributed by atoms with Gasteiger partial charge in [0, 0.05) is 26.6 Å². The molecule has 0 amide bonds. The molecule has 9 heteroatoms. The molecule has 21 heavy (non-hydrogen) atoms. The molecule has 0 spiro atoms. The summed E-state index contributed by atoms with van der Waals surface area (Å²) in [5.74, 6) is -4.79. The van der Waals surface area contributed by atoms with Gasteiger partial charge in [-0.15, -0.1) is 0 Å². The van der Waals surface area contributed by atoms with Crippen LogP contribution in [0.25, 0.3) is 0 Å². The molecule has 1 aliphatic rings. The summed E-state index contributed by atoms with van der Waals surface area (Å²) < 4.78 is 64.1. The highest BCUT2D eigenvalue weighted by Gasteiger charge is 2.41. The zero-order valence-corrected chi connectivity index (χ0v) is 11.7. The number of ether oxygens (including phenoxy) is 3. The summed E-state index contributed by atoms with van der Waals surface area (Å²) in [5, 5.41) is 0. The lowest BCUT2D eigenvalue weighted by Crippen LogP contribution is -2.44. The van der Waals surface area contributed by atoms with E-state index < -0.39 is 31.0 Å². The van der Waals surface area contributed by atoms with Gasteiger partial charge in [-0.25, -0.2) is 8.78 Å². The summed E-state index contributed by atoms with van der Waals surface area (Å²) in [5.41, 5.74) is 0. The van der Waals surface area contributed by atoms with Crippen LogP contribution in [-0.2, 0) is 19.0 Å². The lowest BCUT2D eigenvalue weighted by molar-refractivity contribution is -0.177. The molecule has 0 aromatic carbocycles. The molecule has 0 N–H and O–H groups in total. The van der Waals surface area contributed by atoms with Crippen molar-refractivity contribution in [2.75, 3.05) is 46.1 Å². The molecule has 1 atom stereocenters. The Morgan fingerprint density at radius 2 is 1.95 bits per heavy atom. The molecule has 1 aliphatic heterocycles. The third-order valence-corrected chi connectivity index (χ3v) is 2.82. The Balaban J connectivity index is 2.40. The first-order valence-corrected chi connectivity index (χ1v) is 6.52. The predicted molar refractivity (Wildman–Crippen MR) is 64.6 cm³/mol. The van der Waals surface area contributed by atoms with Gasteiger partial charge in [-0.3, -0.25) is 9.69 Å². The van der Waals surface area contributed by atoms with Crippen molar-refractivity contribution in [3.05, 3.63) is 0 Å². The van der Waals surface area contributed by atoms with Crippen LogP contribution in [0.5, 0.6) is 0 Å². The van der Waals surface area contributed by atoms with Crippen LogP contribution < -0.4 is 0 Å². The number of hydrogen-bond donors (Lipinski definition) is 0. The Hall–Kier alpha value is -0.930. The smallest absolute Gasteiger partial charge is 0.330 e. The quantitative estimate of drug-likeness (QED) is 0.497. The zero-order chi connectivity index (χ0) is 15.9. The molecule has 5 nitrogen and oxygen atoms in total. The van der Waals surface area contributed by atoms with E-state index in [1.165, 1.54) is 6.92 Å². The van der Waals surface area contributed by atoms with E-state index in [2.05, 4.69) is 4.74 Å². The Morgan fingerprint density at radius 1 is 1.33 bits per heavy atom. The maximum Gasteiger partial charge on any atom is 0.330 e. The highest BCUT2D eigenvalue weighted by molar-refractivity contribution is 5.66. The van der Waals surface area contributed by atoms with Crippen LogP contribution in [0, 0.1) is 0 Å². The molecular weight excluding hydrogens is 298 g/mol. The fourth-order valence-corrected chi connectivity index (χ4v) is 1.82. The second-order valence-corrected chi connectivity index (χ2v) is 4.72. The van der Waals surface area contributed by atoms with Crippen molar-refractivity contribution < 1.29 is 36.6 Å². The molecule has 1 fully saturated rings. The number of nitrogens with zero attached hydrogens (tertiary/aromatic N) is 1. The average molecular weight is 317 g/mol. The van der Waals surface area contributed by atoms with Crippen molar-refractivity contribution in [3.8, 4) is 0 Å². The molecule has 0 aromatic heterocycles. The van der Waals surface area contributed by atoms with Crippen LogP contribution >= 0.6 is 0 Å². The molecule has 0 radical (unpaired) electrons. The molecular formula is C12H19F4NO4. The summed E-state index contributed by atoms with van der Waals surface area (Å²) in [7, 11) is 0. The number of rotatable bonds is 8. The number of alkyl halides is 4. The molecule has 0 bridgehead atoms. The van der Waals surface area contributed by atoms with Gasteiger partial charge < -0.3 is 14.2 Å². The molecule has 1 unspecified atom stereocenters. The molecule has 0 aliphatic carbocycles. The van der Waals surface area contributed by atoms with Gasteiger partial charge in [0.25, 0.3) is 0 Å². The van der Waals surface area contributed by atoms with E-state index in [0.29, 0.717) is 26.3 Å². The van der Waals surface area contributed by atoms with Crippen molar-refractivity contribution in [1.29, 1.82) is 0 Å². The average Bonchev–Trinajstić information content (AvgIpc) is 2.38. The van der Waals surface area contributed by atoms with Gasteiger partial charge in [-0.05, 0) is 0 Å². The van der Waals surface area contributed by atoms with Crippen LogP contribution in [0.4, 0.5) is 17.6 Å². The van der Waals surface area contributed by atoms with Gasteiger partial charge in [0.05, 0.1) is 19.8 Å². The summed E-state index contributed by atoms with van der Waals surface area (Å²) in [6.07, 6.45) is -4.57. The van der Waals surface area contributed by atoms with E-state index in [9.17, 15) is 22.4 Å². The number of carbonyl (C=O) groups excluding carboxylic acids is 1. The predicted octanol–water partition coefficient (Wildman–Crippen LogP) is 1.17. The Morgan fingerprint density at radius 3 is 2.48 bits per heavy atom. The fraction of sp³-hybridized carbons (Fsp3) is 0.917. The minimum atomic E-state index is -4.21. The minimum absolute atomic E-state index is 0.281. The number of esters is 1. The summed E-state index contributed by atoms with van der Waals surface area (Å²) in [6, 6.07) is 0. The van der Waals surface area contributed by atoms with Crippen molar-refractivity contribution in [3.63, 3.8) is 0 Å².